The molecule has 0 saturated carbocycles. The molecule has 1 unspecified atom stereocenters. The molecule has 0 saturated heterocycles. The summed E-state index contributed by atoms with van der Waals surface area (Å²) >= 11 is 0. The summed E-state index contributed by atoms with van der Waals surface area (Å²) in [6.45, 7) is 13.0. The van der Waals surface area contributed by atoms with Crippen molar-refractivity contribution in [2.75, 3.05) is 6.61 Å². The molecule has 120 valence electrons. The van der Waals surface area contributed by atoms with Gasteiger partial charge in [0.05, 0.1) is 11.5 Å². The van der Waals surface area contributed by atoms with Crippen LogP contribution in [-0.4, -0.2) is 26.6 Å². The van der Waals surface area contributed by atoms with Crippen molar-refractivity contribution in [1.29, 1.82) is 0 Å². The number of allylic oxidation sites excluding steroid dienone is 1. The molecule has 1 heterocycles. The lowest BCUT2D eigenvalue weighted by Gasteiger charge is -2.36. The predicted molar refractivity (Wildman–Crippen MR) is 84.3 cm³/mol. The van der Waals surface area contributed by atoms with Gasteiger partial charge >= 0.3 is 5.97 Å². The Morgan fingerprint density at radius 3 is 2.57 bits per heavy atom. The molecular formula is C15H26FNO3Si. The number of nitrogens with zero attached hydrogens (tertiary/aromatic N) is 1. The van der Waals surface area contributed by atoms with Crippen LogP contribution in [0.5, 0.6) is 0 Å². The zero-order valence-corrected chi connectivity index (χ0v) is 14.8. The average Bonchev–Trinajstić information content (AvgIpc) is 2.65. The topological polar surface area (TPSA) is 47.9 Å². The fourth-order valence-corrected chi connectivity index (χ4v) is 2.73. The highest BCUT2D eigenvalue weighted by molar-refractivity contribution is 6.74. The van der Waals surface area contributed by atoms with E-state index in [0.29, 0.717) is 18.7 Å². The van der Waals surface area contributed by atoms with Crippen molar-refractivity contribution in [3.63, 3.8) is 0 Å². The maximum absolute atomic E-state index is 13.8. The van der Waals surface area contributed by atoms with E-state index >= 15 is 0 Å². The molecule has 1 aliphatic heterocycles. The lowest BCUT2D eigenvalue weighted by molar-refractivity contribution is -0.143. The van der Waals surface area contributed by atoms with Gasteiger partial charge < -0.3 is 9.26 Å². The zero-order valence-electron chi connectivity index (χ0n) is 13.8. The van der Waals surface area contributed by atoms with Gasteiger partial charge in [-0.2, -0.15) is 0 Å². The molecule has 0 amide bonds. The van der Waals surface area contributed by atoms with Gasteiger partial charge in [0.15, 0.2) is 8.32 Å². The second-order valence-corrected chi connectivity index (χ2v) is 11.8. The van der Waals surface area contributed by atoms with Crippen LogP contribution < -0.4 is 0 Å². The minimum atomic E-state index is -1.78. The van der Waals surface area contributed by atoms with E-state index in [0.717, 1.165) is 0 Å². The van der Waals surface area contributed by atoms with Gasteiger partial charge in [-0.15, -0.1) is 0 Å². The van der Waals surface area contributed by atoms with E-state index < -0.39 is 20.2 Å². The number of hydrogen-bond donors (Lipinski definition) is 0. The van der Waals surface area contributed by atoms with Crippen molar-refractivity contribution < 1.29 is 18.4 Å². The molecule has 1 aliphatic rings. The van der Waals surface area contributed by atoms with E-state index in [4.69, 9.17) is 4.43 Å². The molecule has 0 spiro atoms. The highest BCUT2D eigenvalue weighted by Crippen LogP contribution is 2.36. The molecule has 0 aromatic carbocycles. The van der Waals surface area contributed by atoms with Gasteiger partial charge in [0.2, 0.25) is 0 Å². The Balaban J connectivity index is 2.40. The SMILES string of the molecule is CC1=NOC(=O)C1CC(F)=CCCO[Si](C)(C)C(C)(C)C. The second kappa shape index (κ2) is 6.83. The minimum absolute atomic E-state index is 0.0221. The van der Waals surface area contributed by atoms with Crippen molar-refractivity contribution in [3.8, 4) is 0 Å². The third-order valence-corrected chi connectivity index (χ3v) is 8.76. The summed E-state index contributed by atoms with van der Waals surface area (Å²) in [4.78, 5) is 15.9. The third-order valence-electron chi connectivity index (χ3n) is 4.22. The van der Waals surface area contributed by atoms with Gasteiger partial charge in [-0.25, -0.2) is 9.18 Å². The summed E-state index contributed by atoms with van der Waals surface area (Å²) in [5.41, 5.74) is 0.529. The smallest absolute Gasteiger partial charge is 0.344 e. The molecular weight excluding hydrogens is 289 g/mol. The molecule has 0 fully saturated rings. The fraction of sp³-hybridized carbons (Fsp3) is 0.733. The molecule has 0 aromatic rings. The normalized spacial score (nSPS) is 20.5. The van der Waals surface area contributed by atoms with E-state index in [2.05, 4.69) is 43.9 Å². The number of rotatable bonds is 6. The largest absolute Gasteiger partial charge is 0.417 e. The molecule has 0 radical (unpaired) electrons. The Morgan fingerprint density at radius 2 is 2.10 bits per heavy atom. The number of carbonyl (C=O) groups excluding carboxylic acids is 1. The predicted octanol–water partition coefficient (Wildman–Crippen LogP) is 4.19. The van der Waals surface area contributed by atoms with E-state index in [1.807, 2.05) is 0 Å². The van der Waals surface area contributed by atoms with Gasteiger partial charge in [0.1, 0.15) is 5.92 Å². The molecule has 1 rings (SSSR count). The summed E-state index contributed by atoms with van der Waals surface area (Å²) in [7, 11) is -1.78. The lowest BCUT2D eigenvalue weighted by Crippen LogP contribution is -2.40. The first-order valence-electron chi connectivity index (χ1n) is 7.28. The molecule has 0 N–H and O–H groups in total. The van der Waals surface area contributed by atoms with Crippen molar-refractivity contribution >= 4 is 20.0 Å². The average molecular weight is 315 g/mol. The highest BCUT2D eigenvalue weighted by atomic mass is 28.4. The van der Waals surface area contributed by atoms with E-state index in [9.17, 15) is 9.18 Å². The molecule has 4 nitrogen and oxygen atoms in total. The summed E-state index contributed by atoms with van der Waals surface area (Å²) in [5.74, 6) is -1.37. The van der Waals surface area contributed by atoms with Crippen molar-refractivity contribution in [1.82, 2.24) is 0 Å². The molecule has 21 heavy (non-hydrogen) atoms. The number of carbonyl (C=O) groups is 1. The van der Waals surface area contributed by atoms with Crippen LogP contribution in [0, 0.1) is 5.92 Å². The van der Waals surface area contributed by atoms with Crippen LogP contribution in [0.2, 0.25) is 18.1 Å². The molecule has 0 aliphatic carbocycles. The Bertz CT molecular complexity index is 452. The van der Waals surface area contributed by atoms with Crippen LogP contribution >= 0.6 is 0 Å². The van der Waals surface area contributed by atoms with Gasteiger partial charge in [-0.3, -0.25) is 0 Å². The number of oxime groups is 1. The molecule has 0 bridgehead atoms. The summed E-state index contributed by atoms with van der Waals surface area (Å²) in [6, 6.07) is 0. The highest BCUT2D eigenvalue weighted by Gasteiger charge is 2.36. The van der Waals surface area contributed by atoms with Crippen LogP contribution in [0.25, 0.3) is 0 Å². The Hall–Kier alpha value is -1.01. The summed E-state index contributed by atoms with van der Waals surface area (Å²) in [5, 5.41) is 3.71. The second-order valence-electron chi connectivity index (χ2n) is 6.95. The van der Waals surface area contributed by atoms with E-state index in [-0.39, 0.29) is 17.3 Å². The first-order chi connectivity index (χ1) is 9.54. The summed E-state index contributed by atoms with van der Waals surface area (Å²) < 4.78 is 19.8. The van der Waals surface area contributed by atoms with Crippen molar-refractivity contribution in [3.05, 3.63) is 11.9 Å². The zero-order chi connectivity index (χ0) is 16.3. The lowest BCUT2D eigenvalue weighted by atomic mass is 10.0. The van der Waals surface area contributed by atoms with Gasteiger partial charge in [0, 0.05) is 13.0 Å². The van der Waals surface area contributed by atoms with E-state index in [1.165, 1.54) is 6.08 Å². The first kappa shape index (κ1) is 18.0. The third kappa shape index (κ3) is 5.03. The van der Waals surface area contributed by atoms with Crippen LogP contribution in [0.4, 0.5) is 4.39 Å². The van der Waals surface area contributed by atoms with Crippen LogP contribution in [0.1, 0.15) is 40.5 Å². The molecule has 0 aromatic heterocycles. The number of hydrogen-bond acceptors (Lipinski definition) is 4. The van der Waals surface area contributed by atoms with Gasteiger partial charge in [-0.05, 0) is 31.5 Å². The van der Waals surface area contributed by atoms with Crippen molar-refractivity contribution in [2.24, 2.45) is 11.1 Å². The first-order valence-corrected chi connectivity index (χ1v) is 10.2. The Kier molecular flexibility index (Phi) is 5.87. The summed E-state index contributed by atoms with van der Waals surface area (Å²) in [6.07, 6.45) is 2.02. The van der Waals surface area contributed by atoms with Crippen molar-refractivity contribution in [2.45, 2.75) is 58.7 Å². The van der Waals surface area contributed by atoms with Gasteiger partial charge in [0.25, 0.3) is 0 Å². The maximum Gasteiger partial charge on any atom is 0.344 e. The number of halogens is 1. The van der Waals surface area contributed by atoms with E-state index in [1.54, 1.807) is 6.92 Å². The van der Waals surface area contributed by atoms with Crippen LogP contribution in [0.15, 0.2) is 17.1 Å². The monoisotopic (exact) mass is 315 g/mol. The fourth-order valence-electron chi connectivity index (χ4n) is 1.67. The maximum atomic E-state index is 13.8. The quantitative estimate of drug-likeness (QED) is 0.419. The van der Waals surface area contributed by atoms with Crippen LogP contribution in [0.3, 0.4) is 0 Å². The van der Waals surface area contributed by atoms with Gasteiger partial charge in [-0.1, -0.05) is 32.0 Å². The van der Waals surface area contributed by atoms with Crippen LogP contribution in [-0.2, 0) is 14.1 Å². The molecule has 6 heteroatoms. The minimum Gasteiger partial charge on any atom is -0.417 e. The Labute approximate surface area is 127 Å². The Morgan fingerprint density at radius 1 is 1.48 bits per heavy atom. The molecule has 1 atom stereocenters. The standard InChI is InChI=1S/C15H26FNO3Si/c1-11-13(14(18)20-17-11)10-12(16)8-7-9-19-21(5,6)15(2,3)4/h8,13H,7,9-10H2,1-6H3.